The van der Waals surface area contributed by atoms with Crippen LogP contribution < -0.4 is 15.8 Å². The van der Waals surface area contributed by atoms with Crippen molar-refractivity contribution in [1.29, 1.82) is 0 Å². The van der Waals surface area contributed by atoms with Gasteiger partial charge in [-0.3, -0.25) is 4.79 Å². The lowest BCUT2D eigenvalue weighted by Crippen LogP contribution is -2.37. The standard InChI is InChI=1S/C15H21FN4O4S.C2HF3O2/c1-11(21)19-13-4-5-20(9-13)25(22,23)14-2-3-15(18-8-14)24-10-12(6-16)7-17;3-2(4,5)1(6)7/h2-3,6,8,13H,4-5,7,9-10,17H2,1H3,(H,19,21);(H,6,7)/b12-6+;. The van der Waals surface area contributed by atoms with Crippen molar-refractivity contribution in [2.24, 2.45) is 5.73 Å². The van der Waals surface area contributed by atoms with Gasteiger partial charge in [0.25, 0.3) is 0 Å². The highest BCUT2D eigenvalue weighted by molar-refractivity contribution is 7.89. The lowest BCUT2D eigenvalue weighted by Gasteiger charge is -2.17. The first-order valence-corrected chi connectivity index (χ1v) is 10.4. The van der Waals surface area contributed by atoms with E-state index >= 15 is 0 Å². The van der Waals surface area contributed by atoms with Crippen LogP contribution in [0.5, 0.6) is 5.88 Å². The highest BCUT2D eigenvalue weighted by atomic mass is 32.2. The van der Waals surface area contributed by atoms with Gasteiger partial charge in [0.1, 0.15) is 11.5 Å². The van der Waals surface area contributed by atoms with Gasteiger partial charge in [-0.2, -0.15) is 17.5 Å². The molecule has 4 N–H and O–H groups in total. The van der Waals surface area contributed by atoms with E-state index in [0.717, 1.165) is 0 Å². The summed E-state index contributed by atoms with van der Waals surface area (Å²) < 4.78 is 75.9. The molecule has 0 aliphatic carbocycles. The summed E-state index contributed by atoms with van der Waals surface area (Å²) in [7, 11) is -3.69. The van der Waals surface area contributed by atoms with E-state index in [1.807, 2.05) is 0 Å². The van der Waals surface area contributed by atoms with Gasteiger partial charge in [-0.1, -0.05) is 0 Å². The van der Waals surface area contributed by atoms with Crippen LogP contribution in [0.1, 0.15) is 13.3 Å². The van der Waals surface area contributed by atoms with Gasteiger partial charge in [-0.05, 0) is 12.5 Å². The molecule has 0 saturated carbocycles. The molecule has 0 spiro atoms. The Bertz CT molecular complexity index is 922. The van der Waals surface area contributed by atoms with Crippen LogP contribution in [-0.4, -0.2) is 73.1 Å². The second-order valence-electron chi connectivity index (χ2n) is 6.44. The normalized spacial score (nSPS) is 17.3. The fourth-order valence-corrected chi connectivity index (χ4v) is 3.85. The third kappa shape index (κ3) is 8.39. The molecule has 0 aromatic carbocycles. The van der Waals surface area contributed by atoms with Crippen molar-refractivity contribution < 1.29 is 45.4 Å². The van der Waals surface area contributed by atoms with Gasteiger partial charge in [0.15, 0.2) is 0 Å². The number of hydrogen-bond donors (Lipinski definition) is 3. The number of nitrogens with two attached hydrogens (primary N) is 1. The van der Waals surface area contributed by atoms with E-state index < -0.39 is 22.2 Å². The van der Waals surface area contributed by atoms with Crippen molar-refractivity contribution in [3.8, 4) is 5.88 Å². The summed E-state index contributed by atoms with van der Waals surface area (Å²) in [6.07, 6.45) is -2.96. The van der Waals surface area contributed by atoms with E-state index in [4.69, 9.17) is 20.4 Å². The summed E-state index contributed by atoms with van der Waals surface area (Å²) in [5.74, 6) is -2.77. The first-order chi connectivity index (χ1) is 14.8. The molecule has 1 saturated heterocycles. The molecule has 15 heteroatoms. The van der Waals surface area contributed by atoms with Crippen LogP contribution in [0.2, 0.25) is 0 Å². The van der Waals surface area contributed by atoms with Gasteiger partial charge < -0.3 is 20.9 Å². The number of carboxylic acid groups (broad SMARTS) is 1. The number of nitrogens with zero attached hydrogens (tertiary/aromatic N) is 2. The number of hydrogen-bond acceptors (Lipinski definition) is 7. The number of rotatable bonds is 7. The van der Waals surface area contributed by atoms with Gasteiger partial charge in [-0.15, -0.1) is 0 Å². The monoisotopic (exact) mass is 486 g/mol. The first-order valence-electron chi connectivity index (χ1n) is 8.95. The predicted octanol–water partition coefficient (Wildman–Crippen LogP) is 0.805. The minimum absolute atomic E-state index is 0.0212. The van der Waals surface area contributed by atoms with Crippen LogP contribution in [0.4, 0.5) is 17.6 Å². The van der Waals surface area contributed by atoms with Gasteiger partial charge in [0.2, 0.25) is 21.8 Å². The molecule has 1 amide bonds. The molecule has 10 nitrogen and oxygen atoms in total. The Hall–Kier alpha value is -2.78. The number of halogens is 4. The molecule has 1 aromatic heterocycles. The number of nitrogens with one attached hydrogen (secondary N) is 1. The van der Waals surface area contributed by atoms with Crippen molar-refractivity contribution in [3.05, 3.63) is 30.2 Å². The van der Waals surface area contributed by atoms with Gasteiger partial charge in [-0.25, -0.2) is 22.6 Å². The van der Waals surface area contributed by atoms with Crippen molar-refractivity contribution in [3.63, 3.8) is 0 Å². The molecule has 2 rings (SSSR count). The molecular weight excluding hydrogens is 464 g/mol. The number of carbonyl (C=O) groups excluding carboxylic acids is 1. The number of amides is 1. The van der Waals surface area contributed by atoms with E-state index in [0.29, 0.717) is 19.3 Å². The van der Waals surface area contributed by atoms with Gasteiger partial charge in [0, 0.05) is 44.2 Å². The van der Waals surface area contributed by atoms with Crippen molar-refractivity contribution in [2.45, 2.75) is 30.5 Å². The highest BCUT2D eigenvalue weighted by Gasteiger charge is 2.38. The molecule has 2 heterocycles. The van der Waals surface area contributed by atoms with Crippen molar-refractivity contribution in [1.82, 2.24) is 14.6 Å². The van der Waals surface area contributed by atoms with Crippen LogP contribution in [0.15, 0.2) is 35.1 Å². The summed E-state index contributed by atoms with van der Waals surface area (Å²) in [4.78, 5) is 23.9. The lowest BCUT2D eigenvalue weighted by atomic mass is 10.3. The molecule has 32 heavy (non-hydrogen) atoms. The maximum atomic E-state index is 12.6. The average Bonchev–Trinajstić information content (AvgIpc) is 3.17. The largest absolute Gasteiger partial charge is 0.490 e. The Labute approximate surface area is 181 Å². The minimum atomic E-state index is -5.08. The summed E-state index contributed by atoms with van der Waals surface area (Å²) in [5.41, 5.74) is 5.58. The third-order valence-corrected chi connectivity index (χ3v) is 5.82. The fourth-order valence-electron chi connectivity index (χ4n) is 2.41. The van der Waals surface area contributed by atoms with Gasteiger partial charge in [0.05, 0.1) is 12.5 Å². The van der Waals surface area contributed by atoms with Crippen LogP contribution in [0.25, 0.3) is 0 Å². The smallest absolute Gasteiger partial charge is 0.475 e. The zero-order valence-electron chi connectivity index (χ0n) is 16.8. The van der Waals surface area contributed by atoms with Gasteiger partial charge >= 0.3 is 12.1 Å². The molecular formula is C17H22F4N4O6S. The lowest BCUT2D eigenvalue weighted by molar-refractivity contribution is -0.192. The quantitative estimate of drug-likeness (QED) is 0.479. The SMILES string of the molecule is CC(=O)NC1CCN(S(=O)(=O)c2ccc(OC/C(=C/F)CN)nc2)C1.O=C(O)C(F)(F)F. The maximum Gasteiger partial charge on any atom is 0.490 e. The van der Waals surface area contributed by atoms with Crippen LogP contribution in [0, 0.1) is 0 Å². The molecule has 1 unspecified atom stereocenters. The summed E-state index contributed by atoms with van der Waals surface area (Å²) >= 11 is 0. The Morgan fingerprint density at radius 2 is 2.03 bits per heavy atom. The molecule has 0 bridgehead atoms. The minimum Gasteiger partial charge on any atom is -0.475 e. The fraction of sp³-hybridized carbons (Fsp3) is 0.471. The average molecular weight is 486 g/mol. The van der Waals surface area contributed by atoms with E-state index in [9.17, 15) is 30.8 Å². The molecule has 1 aliphatic heterocycles. The summed E-state index contributed by atoms with van der Waals surface area (Å²) in [6, 6.07) is 2.59. The Balaban J connectivity index is 0.000000633. The van der Waals surface area contributed by atoms with Crippen LogP contribution in [0.3, 0.4) is 0 Å². The number of carbonyl (C=O) groups is 2. The topological polar surface area (TPSA) is 152 Å². The summed E-state index contributed by atoms with van der Waals surface area (Å²) in [5, 5.41) is 9.84. The number of aliphatic carboxylic acids is 1. The number of aromatic nitrogens is 1. The van der Waals surface area contributed by atoms with Crippen molar-refractivity contribution in [2.75, 3.05) is 26.2 Å². The van der Waals surface area contributed by atoms with Crippen molar-refractivity contribution >= 4 is 21.9 Å². The molecule has 1 aliphatic rings. The van der Waals surface area contributed by atoms with E-state index in [1.165, 1.54) is 29.6 Å². The zero-order chi connectivity index (χ0) is 24.5. The summed E-state index contributed by atoms with van der Waals surface area (Å²) in [6.45, 7) is 1.91. The van der Waals surface area contributed by atoms with Crippen LogP contribution >= 0.6 is 0 Å². The third-order valence-electron chi connectivity index (χ3n) is 3.97. The Morgan fingerprint density at radius 3 is 2.47 bits per heavy atom. The zero-order valence-corrected chi connectivity index (χ0v) is 17.6. The molecule has 1 aromatic rings. The van der Waals surface area contributed by atoms with E-state index in [-0.39, 0.29) is 48.0 Å². The molecule has 0 radical (unpaired) electrons. The Kier molecular flexibility index (Phi) is 9.99. The number of alkyl halides is 3. The maximum absolute atomic E-state index is 12.6. The first kappa shape index (κ1) is 27.3. The second-order valence-corrected chi connectivity index (χ2v) is 8.38. The number of carboxylic acids is 1. The van der Waals surface area contributed by atoms with E-state index in [2.05, 4.69) is 10.3 Å². The highest BCUT2D eigenvalue weighted by Crippen LogP contribution is 2.22. The second kappa shape index (κ2) is 11.7. The molecule has 1 fully saturated rings. The predicted molar refractivity (Wildman–Crippen MR) is 103 cm³/mol. The number of pyridine rings is 1. The molecule has 180 valence electrons. The van der Waals surface area contributed by atoms with Crippen LogP contribution in [-0.2, 0) is 19.6 Å². The van der Waals surface area contributed by atoms with E-state index in [1.54, 1.807) is 0 Å². The number of ether oxygens (including phenoxy) is 1. The number of sulfonamides is 1. The Morgan fingerprint density at radius 1 is 1.41 bits per heavy atom. The molecule has 1 atom stereocenters.